The van der Waals surface area contributed by atoms with E-state index in [1.165, 1.54) is 29.2 Å². The van der Waals surface area contributed by atoms with Crippen LogP contribution in [0.3, 0.4) is 0 Å². The molecular formula is C18H19ClN2O5. The Balaban J connectivity index is 2.18. The van der Waals surface area contributed by atoms with Crippen LogP contribution >= 0.6 is 11.6 Å². The molecule has 3 rings (SSSR count). The average Bonchev–Trinajstić information content (AvgIpc) is 2.86. The Labute approximate surface area is 155 Å². The van der Waals surface area contributed by atoms with Crippen molar-refractivity contribution in [2.45, 2.75) is 18.9 Å². The Morgan fingerprint density at radius 2 is 1.92 bits per heavy atom. The largest absolute Gasteiger partial charge is 0.463 e. The fraction of sp³-hybridized carbons (Fsp3) is 0.389. The topological polar surface area (TPSA) is 87.2 Å². The molecule has 0 aromatic heterocycles. The van der Waals surface area contributed by atoms with E-state index in [0.29, 0.717) is 24.5 Å². The third-order valence-corrected chi connectivity index (χ3v) is 4.79. The predicted octanol–water partition coefficient (Wildman–Crippen LogP) is 1.21. The van der Waals surface area contributed by atoms with Gasteiger partial charge in [-0.05, 0) is 37.6 Å². The third-order valence-electron chi connectivity index (χ3n) is 4.54. The van der Waals surface area contributed by atoms with Gasteiger partial charge in [0.15, 0.2) is 5.78 Å². The van der Waals surface area contributed by atoms with Crippen LogP contribution < -0.4 is 0 Å². The SMILES string of the molecule is CCOC(=O)C1(O)C(=O)N2CCCN(C)C2=C1C(=O)c1ccc(Cl)cc1. The molecule has 1 amide bonds. The molecule has 1 unspecified atom stereocenters. The molecule has 1 fully saturated rings. The lowest BCUT2D eigenvalue weighted by Crippen LogP contribution is -2.52. The van der Waals surface area contributed by atoms with Gasteiger partial charge in [-0.25, -0.2) is 4.79 Å². The van der Waals surface area contributed by atoms with Gasteiger partial charge in [-0.2, -0.15) is 0 Å². The van der Waals surface area contributed by atoms with E-state index < -0.39 is 23.3 Å². The lowest BCUT2D eigenvalue weighted by Gasteiger charge is -2.34. The lowest BCUT2D eigenvalue weighted by atomic mass is 9.89. The smallest absolute Gasteiger partial charge is 0.353 e. The van der Waals surface area contributed by atoms with Gasteiger partial charge in [-0.1, -0.05) is 11.6 Å². The molecule has 1 saturated heterocycles. The molecule has 0 spiro atoms. The molecule has 0 bridgehead atoms. The predicted molar refractivity (Wildman–Crippen MR) is 93.4 cm³/mol. The highest BCUT2D eigenvalue weighted by Gasteiger charge is 2.61. The van der Waals surface area contributed by atoms with Gasteiger partial charge in [0.2, 0.25) is 0 Å². The summed E-state index contributed by atoms with van der Waals surface area (Å²) in [5.41, 5.74) is -2.71. The zero-order valence-corrected chi connectivity index (χ0v) is 15.2. The van der Waals surface area contributed by atoms with Gasteiger partial charge in [-0.15, -0.1) is 0 Å². The molecule has 2 aliphatic heterocycles. The summed E-state index contributed by atoms with van der Waals surface area (Å²) in [6, 6.07) is 6.03. The van der Waals surface area contributed by atoms with Gasteiger partial charge in [0, 0.05) is 30.7 Å². The molecule has 2 heterocycles. The van der Waals surface area contributed by atoms with Gasteiger partial charge in [-0.3, -0.25) is 14.5 Å². The number of Topliss-reactive ketones (excluding diaryl/α,β-unsaturated/α-hetero) is 1. The zero-order chi connectivity index (χ0) is 19.1. The summed E-state index contributed by atoms with van der Waals surface area (Å²) >= 11 is 5.86. The van der Waals surface area contributed by atoms with Crippen LogP contribution in [-0.2, 0) is 14.3 Å². The fourth-order valence-electron chi connectivity index (χ4n) is 3.31. The van der Waals surface area contributed by atoms with Crippen molar-refractivity contribution < 1.29 is 24.2 Å². The highest BCUT2D eigenvalue weighted by molar-refractivity contribution is 6.31. The Kier molecular flexibility index (Phi) is 4.77. The molecule has 138 valence electrons. The maximum Gasteiger partial charge on any atom is 0.353 e. The van der Waals surface area contributed by atoms with Gasteiger partial charge in [0.25, 0.3) is 11.5 Å². The molecule has 7 nitrogen and oxygen atoms in total. The second-order valence-corrected chi connectivity index (χ2v) is 6.63. The van der Waals surface area contributed by atoms with Crippen LogP contribution in [0.5, 0.6) is 0 Å². The van der Waals surface area contributed by atoms with E-state index in [9.17, 15) is 19.5 Å². The molecule has 1 N–H and O–H groups in total. The van der Waals surface area contributed by atoms with Crippen molar-refractivity contribution in [3.63, 3.8) is 0 Å². The van der Waals surface area contributed by atoms with E-state index in [2.05, 4.69) is 0 Å². The molecule has 0 aliphatic carbocycles. The third kappa shape index (κ3) is 2.68. The minimum Gasteiger partial charge on any atom is -0.463 e. The number of aliphatic hydroxyl groups is 1. The highest BCUT2D eigenvalue weighted by atomic mass is 35.5. The number of carbonyl (C=O) groups is 3. The monoisotopic (exact) mass is 378 g/mol. The molecule has 1 aromatic rings. The Morgan fingerprint density at radius 3 is 2.54 bits per heavy atom. The number of hydrogen-bond acceptors (Lipinski definition) is 6. The summed E-state index contributed by atoms with van der Waals surface area (Å²) in [7, 11) is 1.71. The summed E-state index contributed by atoms with van der Waals surface area (Å²) in [4.78, 5) is 41.5. The number of esters is 1. The van der Waals surface area contributed by atoms with Crippen LogP contribution in [0, 0.1) is 0 Å². The van der Waals surface area contributed by atoms with Gasteiger partial charge >= 0.3 is 5.97 Å². The molecule has 2 aliphatic rings. The first-order valence-electron chi connectivity index (χ1n) is 8.30. The molecular weight excluding hydrogens is 360 g/mol. The summed E-state index contributed by atoms with van der Waals surface area (Å²) in [6.45, 7) is 2.45. The van der Waals surface area contributed by atoms with Crippen molar-refractivity contribution in [2.24, 2.45) is 0 Å². The Hall–Kier alpha value is -2.38. The average molecular weight is 379 g/mol. The van der Waals surface area contributed by atoms with Crippen molar-refractivity contribution in [1.82, 2.24) is 9.80 Å². The lowest BCUT2D eigenvalue weighted by molar-refractivity contribution is -0.168. The summed E-state index contributed by atoms with van der Waals surface area (Å²) in [6.07, 6.45) is 0.660. The van der Waals surface area contributed by atoms with Gasteiger partial charge in [0.1, 0.15) is 5.82 Å². The summed E-state index contributed by atoms with van der Waals surface area (Å²) in [5.74, 6) is -2.36. The van der Waals surface area contributed by atoms with Crippen molar-refractivity contribution in [2.75, 3.05) is 26.7 Å². The molecule has 26 heavy (non-hydrogen) atoms. The van der Waals surface area contributed by atoms with E-state index >= 15 is 0 Å². The number of halogens is 1. The van der Waals surface area contributed by atoms with E-state index in [1.54, 1.807) is 18.9 Å². The van der Waals surface area contributed by atoms with Crippen LogP contribution in [0.25, 0.3) is 0 Å². The van der Waals surface area contributed by atoms with Gasteiger partial charge in [0.05, 0.1) is 12.2 Å². The first-order chi connectivity index (χ1) is 12.3. The van der Waals surface area contributed by atoms with Crippen LogP contribution in [0.2, 0.25) is 5.02 Å². The van der Waals surface area contributed by atoms with Gasteiger partial charge < -0.3 is 14.7 Å². The summed E-state index contributed by atoms with van der Waals surface area (Å²) in [5, 5.41) is 11.5. The zero-order valence-electron chi connectivity index (χ0n) is 14.5. The number of rotatable bonds is 4. The quantitative estimate of drug-likeness (QED) is 0.481. The van der Waals surface area contributed by atoms with Crippen LogP contribution in [0.15, 0.2) is 35.7 Å². The minimum atomic E-state index is -2.65. The highest BCUT2D eigenvalue weighted by Crippen LogP contribution is 2.39. The first-order valence-corrected chi connectivity index (χ1v) is 8.67. The maximum absolute atomic E-state index is 13.2. The van der Waals surface area contributed by atoms with E-state index in [0.717, 1.165) is 0 Å². The number of benzene rings is 1. The van der Waals surface area contributed by atoms with Crippen molar-refractivity contribution in [3.8, 4) is 0 Å². The second-order valence-electron chi connectivity index (χ2n) is 6.20. The second kappa shape index (κ2) is 6.74. The maximum atomic E-state index is 13.2. The van der Waals surface area contributed by atoms with Crippen molar-refractivity contribution in [3.05, 3.63) is 46.2 Å². The van der Waals surface area contributed by atoms with Crippen LogP contribution in [0.1, 0.15) is 23.7 Å². The van der Waals surface area contributed by atoms with Crippen molar-refractivity contribution in [1.29, 1.82) is 0 Å². The molecule has 8 heteroatoms. The van der Waals surface area contributed by atoms with E-state index in [-0.39, 0.29) is 23.6 Å². The Bertz CT molecular complexity index is 804. The number of ketones is 1. The molecule has 1 aromatic carbocycles. The number of amides is 1. The fourth-order valence-corrected chi connectivity index (χ4v) is 3.43. The molecule has 0 saturated carbocycles. The number of carbonyl (C=O) groups excluding carboxylic acids is 3. The Morgan fingerprint density at radius 1 is 1.27 bits per heavy atom. The standard InChI is InChI=1S/C18H19ClN2O5/c1-3-26-17(24)18(25)13(14(22)11-5-7-12(19)8-6-11)15-20(2)9-4-10-21(15)16(18)23/h5-8,25H,3-4,9-10H2,1-2H3. The number of hydrogen-bond donors (Lipinski definition) is 1. The first kappa shape index (κ1) is 18.4. The minimum absolute atomic E-state index is 0.0258. The number of nitrogens with zero attached hydrogens (tertiary/aromatic N) is 2. The summed E-state index contributed by atoms with van der Waals surface area (Å²) < 4.78 is 4.91. The van der Waals surface area contributed by atoms with Crippen LogP contribution in [-0.4, -0.2) is 64.9 Å². The van der Waals surface area contributed by atoms with Crippen LogP contribution in [0.4, 0.5) is 0 Å². The normalized spacial score (nSPS) is 22.5. The van der Waals surface area contributed by atoms with E-state index in [4.69, 9.17) is 16.3 Å². The van der Waals surface area contributed by atoms with Crippen molar-refractivity contribution >= 4 is 29.3 Å². The van der Waals surface area contributed by atoms with E-state index in [1.807, 2.05) is 0 Å². The number of ether oxygens (including phenoxy) is 1. The molecule has 1 atom stereocenters. The number of fused-ring (bicyclic) bond motifs is 1. The molecule has 0 radical (unpaired) electrons.